The Morgan fingerprint density at radius 2 is 2.06 bits per heavy atom. The Morgan fingerprint density at radius 1 is 1.28 bits per heavy atom. The van der Waals surface area contributed by atoms with Crippen LogP contribution in [0.15, 0.2) is 35.5 Å². The normalized spacial score (nSPS) is 11.7. The Bertz CT molecular complexity index is 641. The number of benzene rings is 1. The Kier molecular flexibility index (Phi) is 3.39. The van der Waals surface area contributed by atoms with E-state index in [1.54, 1.807) is 6.20 Å². The number of H-pyrrole nitrogens is 1. The van der Waals surface area contributed by atoms with Crippen molar-refractivity contribution in [2.24, 2.45) is 0 Å². The smallest absolute Gasteiger partial charge is 0.241 e. The van der Waals surface area contributed by atoms with E-state index in [-0.39, 0.29) is 11.4 Å². The fourth-order valence-corrected chi connectivity index (χ4v) is 2.28. The number of hydrogen-bond donors (Lipinski definition) is 2. The molecule has 0 bridgehead atoms. The van der Waals surface area contributed by atoms with Crippen LogP contribution in [0.2, 0.25) is 0 Å². The van der Waals surface area contributed by atoms with Gasteiger partial charge in [-0.2, -0.15) is 0 Å². The molecule has 2 rings (SSSR count). The number of aromatic nitrogens is 2. The van der Waals surface area contributed by atoms with Crippen LogP contribution in [0.1, 0.15) is 5.82 Å². The molecular formula is C10H9F2N3O2S. The van der Waals surface area contributed by atoms with E-state index in [1.165, 1.54) is 6.20 Å². The minimum absolute atomic E-state index is 0.0612. The van der Waals surface area contributed by atoms with Crippen molar-refractivity contribution < 1.29 is 17.2 Å². The average molecular weight is 273 g/mol. The highest BCUT2D eigenvalue weighted by Crippen LogP contribution is 2.13. The third kappa shape index (κ3) is 2.71. The quantitative estimate of drug-likeness (QED) is 0.878. The Morgan fingerprint density at radius 3 is 2.67 bits per heavy atom. The number of hydrogen-bond acceptors (Lipinski definition) is 3. The molecule has 0 spiro atoms. The second-order valence-electron chi connectivity index (χ2n) is 3.44. The SMILES string of the molecule is O=S(=O)(NCc1ncc[nH]1)c1ccc(F)c(F)c1. The molecule has 0 amide bonds. The maximum Gasteiger partial charge on any atom is 0.241 e. The maximum absolute atomic E-state index is 12.9. The lowest BCUT2D eigenvalue weighted by molar-refractivity contribution is 0.504. The van der Waals surface area contributed by atoms with Gasteiger partial charge in [-0.3, -0.25) is 0 Å². The van der Waals surface area contributed by atoms with E-state index < -0.39 is 21.7 Å². The summed E-state index contributed by atoms with van der Waals surface area (Å²) in [6, 6.07) is 2.37. The first kappa shape index (κ1) is 12.7. The zero-order valence-electron chi connectivity index (χ0n) is 9.02. The van der Waals surface area contributed by atoms with Gasteiger partial charge in [0.05, 0.1) is 11.4 Å². The summed E-state index contributed by atoms with van der Waals surface area (Å²) in [5.41, 5.74) is 0. The first-order valence-corrected chi connectivity index (χ1v) is 6.40. The van der Waals surface area contributed by atoms with Gasteiger partial charge in [-0.15, -0.1) is 0 Å². The molecule has 5 nitrogen and oxygen atoms in total. The fraction of sp³-hybridized carbons (Fsp3) is 0.100. The third-order valence-corrected chi connectivity index (χ3v) is 3.58. The zero-order valence-corrected chi connectivity index (χ0v) is 9.84. The first-order chi connectivity index (χ1) is 8.49. The minimum Gasteiger partial charge on any atom is -0.347 e. The van der Waals surface area contributed by atoms with Crippen LogP contribution in [-0.2, 0) is 16.6 Å². The van der Waals surface area contributed by atoms with Crippen molar-refractivity contribution >= 4 is 10.0 Å². The molecule has 1 aromatic carbocycles. The van der Waals surface area contributed by atoms with Gasteiger partial charge in [0.25, 0.3) is 0 Å². The van der Waals surface area contributed by atoms with Gasteiger partial charge < -0.3 is 4.98 Å². The summed E-state index contributed by atoms with van der Waals surface area (Å²) >= 11 is 0. The lowest BCUT2D eigenvalue weighted by Crippen LogP contribution is -2.24. The van der Waals surface area contributed by atoms with Crippen molar-refractivity contribution in [2.45, 2.75) is 11.4 Å². The van der Waals surface area contributed by atoms with Crippen molar-refractivity contribution in [3.63, 3.8) is 0 Å². The molecule has 2 aromatic rings. The average Bonchev–Trinajstić information content (AvgIpc) is 2.83. The number of rotatable bonds is 4. The number of nitrogens with one attached hydrogen (secondary N) is 2. The Hall–Kier alpha value is -1.80. The molecule has 0 radical (unpaired) electrons. The summed E-state index contributed by atoms with van der Waals surface area (Å²) in [6.07, 6.45) is 3.02. The van der Waals surface area contributed by atoms with Gasteiger partial charge in [-0.1, -0.05) is 0 Å². The maximum atomic E-state index is 12.9. The zero-order chi connectivity index (χ0) is 13.2. The molecule has 0 saturated carbocycles. The molecular weight excluding hydrogens is 264 g/mol. The highest BCUT2D eigenvalue weighted by molar-refractivity contribution is 7.89. The van der Waals surface area contributed by atoms with E-state index in [1.807, 2.05) is 0 Å². The molecule has 2 N–H and O–H groups in total. The van der Waals surface area contributed by atoms with Crippen molar-refractivity contribution in [1.82, 2.24) is 14.7 Å². The topological polar surface area (TPSA) is 74.8 Å². The first-order valence-electron chi connectivity index (χ1n) is 4.92. The van der Waals surface area contributed by atoms with E-state index in [0.717, 1.165) is 12.1 Å². The summed E-state index contributed by atoms with van der Waals surface area (Å²) in [5.74, 6) is -1.89. The summed E-state index contributed by atoms with van der Waals surface area (Å²) in [6.45, 7) is -0.0612. The monoisotopic (exact) mass is 273 g/mol. The molecule has 0 aliphatic heterocycles. The largest absolute Gasteiger partial charge is 0.347 e. The lowest BCUT2D eigenvalue weighted by atomic mass is 10.3. The minimum atomic E-state index is -3.89. The summed E-state index contributed by atoms with van der Waals surface area (Å²) < 4.78 is 51.3. The van der Waals surface area contributed by atoms with Gasteiger partial charge in [0, 0.05) is 12.4 Å². The molecule has 8 heteroatoms. The molecule has 0 unspecified atom stereocenters. The lowest BCUT2D eigenvalue weighted by Gasteiger charge is -2.05. The van der Waals surface area contributed by atoms with Crippen molar-refractivity contribution in [2.75, 3.05) is 0 Å². The van der Waals surface area contributed by atoms with E-state index in [2.05, 4.69) is 14.7 Å². The summed E-state index contributed by atoms with van der Waals surface area (Å²) in [7, 11) is -3.89. The van der Waals surface area contributed by atoms with Crippen LogP contribution in [0.5, 0.6) is 0 Å². The van der Waals surface area contributed by atoms with Crippen LogP contribution in [0.4, 0.5) is 8.78 Å². The van der Waals surface area contributed by atoms with Gasteiger partial charge in [0.15, 0.2) is 11.6 Å². The van der Waals surface area contributed by atoms with Gasteiger partial charge in [-0.25, -0.2) is 26.9 Å². The van der Waals surface area contributed by atoms with Crippen molar-refractivity contribution in [3.05, 3.63) is 48.1 Å². The van der Waals surface area contributed by atoms with Crippen LogP contribution in [-0.4, -0.2) is 18.4 Å². The highest BCUT2D eigenvalue weighted by atomic mass is 32.2. The van der Waals surface area contributed by atoms with E-state index in [9.17, 15) is 17.2 Å². The van der Waals surface area contributed by atoms with Gasteiger partial charge in [-0.05, 0) is 18.2 Å². The van der Waals surface area contributed by atoms with Crippen LogP contribution < -0.4 is 4.72 Å². The second-order valence-corrected chi connectivity index (χ2v) is 5.20. The molecule has 0 aliphatic carbocycles. The van der Waals surface area contributed by atoms with Gasteiger partial charge >= 0.3 is 0 Å². The standard InChI is InChI=1S/C10H9F2N3O2S/c11-8-2-1-7(5-9(8)12)18(16,17)15-6-10-13-3-4-14-10/h1-5,15H,6H2,(H,13,14). The van der Waals surface area contributed by atoms with Crippen molar-refractivity contribution in [3.8, 4) is 0 Å². The number of aromatic amines is 1. The molecule has 1 aromatic heterocycles. The highest BCUT2D eigenvalue weighted by Gasteiger charge is 2.16. The van der Waals surface area contributed by atoms with Crippen LogP contribution in [0.25, 0.3) is 0 Å². The molecule has 0 fully saturated rings. The van der Waals surface area contributed by atoms with Crippen LogP contribution in [0, 0.1) is 11.6 Å². The van der Waals surface area contributed by atoms with Crippen molar-refractivity contribution in [1.29, 1.82) is 0 Å². The van der Waals surface area contributed by atoms with E-state index >= 15 is 0 Å². The number of nitrogens with zero attached hydrogens (tertiary/aromatic N) is 1. The molecule has 96 valence electrons. The second kappa shape index (κ2) is 4.83. The predicted octanol–water partition coefficient (Wildman–Crippen LogP) is 1.17. The molecule has 0 atom stereocenters. The summed E-state index contributed by atoms with van der Waals surface area (Å²) in [5, 5.41) is 0. The fourth-order valence-electron chi connectivity index (χ4n) is 1.29. The summed E-state index contributed by atoms with van der Waals surface area (Å²) in [4.78, 5) is 6.20. The van der Waals surface area contributed by atoms with E-state index in [4.69, 9.17) is 0 Å². The molecule has 0 saturated heterocycles. The number of halogens is 2. The molecule has 18 heavy (non-hydrogen) atoms. The van der Waals surface area contributed by atoms with Gasteiger partial charge in [0.1, 0.15) is 5.82 Å². The molecule has 0 aliphatic rings. The Labute approximate surface area is 102 Å². The van der Waals surface area contributed by atoms with E-state index in [0.29, 0.717) is 11.9 Å². The molecule has 1 heterocycles. The van der Waals surface area contributed by atoms with Crippen LogP contribution in [0.3, 0.4) is 0 Å². The third-order valence-electron chi connectivity index (χ3n) is 2.19. The predicted molar refractivity (Wildman–Crippen MR) is 59.0 cm³/mol. The Balaban J connectivity index is 2.17. The number of imidazole rings is 1. The number of sulfonamides is 1. The van der Waals surface area contributed by atoms with Gasteiger partial charge in [0.2, 0.25) is 10.0 Å². The van der Waals surface area contributed by atoms with Crippen LogP contribution >= 0.6 is 0 Å².